The number of hydrogen-bond acceptors (Lipinski definition) is 5. The molecule has 3 aliphatic rings. The minimum Gasteiger partial charge on any atom is -0.465 e. The van der Waals surface area contributed by atoms with E-state index in [0.717, 1.165) is 74.4 Å². The molecule has 0 aromatic carbocycles. The van der Waals surface area contributed by atoms with Crippen LogP contribution in [0.15, 0.2) is 12.1 Å². The van der Waals surface area contributed by atoms with E-state index in [0.29, 0.717) is 16.6 Å². The zero-order valence-electron chi connectivity index (χ0n) is 19.0. The van der Waals surface area contributed by atoms with Gasteiger partial charge >= 0.3 is 5.97 Å². The Kier molecular flexibility index (Phi) is 7.97. The van der Waals surface area contributed by atoms with Crippen LogP contribution in [0, 0.1) is 17.8 Å². The number of carbonyl (C=O) groups is 2. The van der Waals surface area contributed by atoms with Crippen LogP contribution in [0.4, 0.5) is 0 Å². The average molecular weight is 461 g/mol. The number of ether oxygens (including phenoxy) is 1. The smallest absolute Gasteiger partial charge is 0.348 e. The molecule has 1 atom stereocenters. The van der Waals surface area contributed by atoms with E-state index in [1.54, 1.807) is 11.3 Å². The molecule has 0 spiro atoms. The number of allylic oxidation sites excluding steroid dienone is 2. The summed E-state index contributed by atoms with van der Waals surface area (Å²) in [6.45, 7) is 2.30. The highest BCUT2D eigenvalue weighted by Gasteiger charge is 2.39. The van der Waals surface area contributed by atoms with Crippen LogP contribution in [0.25, 0.3) is 5.57 Å². The lowest BCUT2D eigenvalue weighted by molar-refractivity contribution is -0.126. The van der Waals surface area contributed by atoms with Crippen molar-refractivity contribution in [3.63, 3.8) is 0 Å². The van der Waals surface area contributed by atoms with Crippen molar-refractivity contribution in [2.24, 2.45) is 17.8 Å². The fourth-order valence-electron chi connectivity index (χ4n) is 5.60. The number of Topliss-reactive ketones (excluding diaryl/α,β-unsaturated/α-hetero) is 1. The number of rotatable bonds is 6. The highest BCUT2D eigenvalue weighted by atomic mass is 32.2. The lowest BCUT2D eigenvalue weighted by Gasteiger charge is -2.34. The summed E-state index contributed by atoms with van der Waals surface area (Å²) in [4.78, 5) is 28.6. The summed E-state index contributed by atoms with van der Waals surface area (Å²) in [6.07, 6.45) is 13.4. The summed E-state index contributed by atoms with van der Waals surface area (Å²) < 4.78 is 5.19. The maximum Gasteiger partial charge on any atom is 0.348 e. The molecule has 1 aliphatic heterocycles. The lowest BCUT2D eigenvalue weighted by Crippen LogP contribution is -2.32. The molecule has 2 aliphatic carbocycles. The van der Waals surface area contributed by atoms with E-state index in [-0.39, 0.29) is 17.8 Å². The van der Waals surface area contributed by atoms with Crippen molar-refractivity contribution in [3.05, 3.63) is 27.5 Å². The van der Waals surface area contributed by atoms with Crippen LogP contribution < -0.4 is 0 Å². The topological polar surface area (TPSA) is 43.4 Å². The molecule has 4 rings (SSSR count). The van der Waals surface area contributed by atoms with Crippen LogP contribution in [-0.4, -0.2) is 30.4 Å². The van der Waals surface area contributed by atoms with Gasteiger partial charge in [-0.2, -0.15) is 11.8 Å². The predicted molar refractivity (Wildman–Crippen MR) is 131 cm³/mol. The van der Waals surface area contributed by atoms with Gasteiger partial charge in [0.1, 0.15) is 10.7 Å². The van der Waals surface area contributed by atoms with Crippen molar-refractivity contribution >= 4 is 40.4 Å². The standard InChI is InChI=1S/C26H36O3S2/c1-17-8-10-20(11-9-17)24(27)23(19-12-14-30-15-13-19)21-16-22(18-6-4-3-5-7-18)31-25(21)26(28)29-2/h6,16-17,19-20,23H,3-5,7-15H2,1-2H3. The molecule has 1 saturated carbocycles. The van der Waals surface area contributed by atoms with Gasteiger partial charge in [0.15, 0.2) is 0 Å². The van der Waals surface area contributed by atoms with E-state index < -0.39 is 0 Å². The molecule has 2 fully saturated rings. The van der Waals surface area contributed by atoms with E-state index >= 15 is 0 Å². The van der Waals surface area contributed by atoms with Crippen molar-refractivity contribution < 1.29 is 14.3 Å². The number of carbonyl (C=O) groups excluding carboxylic acids is 2. The van der Waals surface area contributed by atoms with Gasteiger partial charge in [0.2, 0.25) is 0 Å². The fourth-order valence-corrected chi connectivity index (χ4v) is 7.93. The Bertz CT molecular complexity index is 811. The number of ketones is 1. The Balaban J connectivity index is 1.72. The maximum atomic E-state index is 14.0. The number of esters is 1. The fraction of sp³-hybridized carbons (Fsp3) is 0.692. The molecule has 31 heavy (non-hydrogen) atoms. The Morgan fingerprint density at radius 2 is 1.81 bits per heavy atom. The normalized spacial score (nSPS) is 26.2. The Morgan fingerprint density at radius 3 is 2.45 bits per heavy atom. The zero-order chi connectivity index (χ0) is 21.8. The largest absolute Gasteiger partial charge is 0.465 e. The van der Waals surface area contributed by atoms with Crippen LogP contribution >= 0.6 is 23.1 Å². The minimum atomic E-state index is -0.275. The third-order valence-corrected chi connectivity index (χ3v) is 9.79. The van der Waals surface area contributed by atoms with Gasteiger partial charge in [-0.3, -0.25) is 4.79 Å². The summed E-state index contributed by atoms with van der Waals surface area (Å²) >= 11 is 3.55. The van der Waals surface area contributed by atoms with Gasteiger partial charge in [0.05, 0.1) is 7.11 Å². The van der Waals surface area contributed by atoms with Gasteiger partial charge < -0.3 is 4.74 Å². The molecule has 0 bridgehead atoms. The highest BCUT2D eigenvalue weighted by Crippen LogP contribution is 2.45. The Labute approximate surface area is 195 Å². The first kappa shape index (κ1) is 23.1. The van der Waals surface area contributed by atoms with Crippen LogP contribution in [0.1, 0.15) is 97.2 Å². The molecular formula is C26H36O3S2. The molecule has 2 heterocycles. The van der Waals surface area contributed by atoms with Gasteiger partial charge in [-0.15, -0.1) is 11.3 Å². The summed E-state index contributed by atoms with van der Waals surface area (Å²) in [5, 5.41) is 0. The first-order chi connectivity index (χ1) is 15.1. The third-order valence-electron chi connectivity index (χ3n) is 7.54. The molecular weight excluding hydrogens is 424 g/mol. The van der Waals surface area contributed by atoms with Crippen LogP contribution in [0.2, 0.25) is 0 Å². The molecule has 0 amide bonds. The average Bonchev–Trinajstić information content (AvgIpc) is 3.25. The minimum absolute atomic E-state index is 0.150. The lowest BCUT2D eigenvalue weighted by atomic mass is 9.71. The van der Waals surface area contributed by atoms with Gasteiger partial charge in [-0.05, 0) is 91.9 Å². The molecule has 3 nitrogen and oxygen atoms in total. The summed E-state index contributed by atoms with van der Waals surface area (Å²) in [7, 11) is 1.46. The van der Waals surface area contributed by atoms with E-state index in [9.17, 15) is 9.59 Å². The molecule has 0 N–H and O–H groups in total. The predicted octanol–water partition coefficient (Wildman–Crippen LogP) is 7.11. The van der Waals surface area contributed by atoms with E-state index in [2.05, 4.69) is 19.1 Å². The number of thiophene rings is 1. The van der Waals surface area contributed by atoms with Gasteiger partial charge in [-0.25, -0.2) is 4.79 Å². The van der Waals surface area contributed by atoms with Gasteiger partial charge in [0, 0.05) is 16.7 Å². The zero-order valence-corrected chi connectivity index (χ0v) is 20.6. The van der Waals surface area contributed by atoms with Crippen LogP contribution in [0.5, 0.6) is 0 Å². The SMILES string of the molecule is COC(=O)c1sc(C2=CCCCC2)cc1C(C(=O)C1CCC(C)CC1)C1CCSCC1. The van der Waals surface area contributed by atoms with Crippen LogP contribution in [-0.2, 0) is 9.53 Å². The third kappa shape index (κ3) is 5.30. The van der Waals surface area contributed by atoms with Crippen molar-refractivity contribution in [1.82, 2.24) is 0 Å². The van der Waals surface area contributed by atoms with E-state index in [4.69, 9.17) is 4.74 Å². The first-order valence-corrected chi connectivity index (χ1v) is 14.1. The molecule has 5 heteroatoms. The highest BCUT2D eigenvalue weighted by molar-refractivity contribution is 7.99. The second kappa shape index (κ2) is 10.7. The number of hydrogen-bond donors (Lipinski definition) is 0. The number of thioether (sulfide) groups is 1. The van der Waals surface area contributed by atoms with Gasteiger partial charge in [0.25, 0.3) is 0 Å². The second-order valence-electron chi connectivity index (χ2n) is 9.65. The molecule has 1 unspecified atom stereocenters. The van der Waals surface area contributed by atoms with Crippen molar-refractivity contribution in [3.8, 4) is 0 Å². The molecule has 1 saturated heterocycles. The summed E-state index contributed by atoms with van der Waals surface area (Å²) in [5.74, 6) is 3.43. The summed E-state index contributed by atoms with van der Waals surface area (Å²) in [6, 6.07) is 2.20. The Hall–Kier alpha value is -1.07. The molecule has 0 radical (unpaired) electrons. The molecule has 1 aromatic rings. The Morgan fingerprint density at radius 1 is 1.06 bits per heavy atom. The maximum absolute atomic E-state index is 14.0. The van der Waals surface area contributed by atoms with E-state index in [1.165, 1.54) is 30.4 Å². The quantitative estimate of drug-likeness (QED) is 0.424. The first-order valence-electron chi connectivity index (χ1n) is 12.1. The monoisotopic (exact) mass is 460 g/mol. The van der Waals surface area contributed by atoms with Crippen molar-refractivity contribution in [2.75, 3.05) is 18.6 Å². The van der Waals surface area contributed by atoms with Crippen molar-refractivity contribution in [2.45, 2.75) is 77.0 Å². The number of methoxy groups -OCH3 is 1. The summed E-state index contributed by atoms with van der Waals surface area (Å²) in [5.41, 5.74) is 2.32. The second-order valence-corrected chi connectivity index (χ2v) is 11.9. The van der Waals surface area contributed by atoms with E-state index in [1.807, 2.05) is 11.8 Å². The van der Waals surface area contributed by atoms with Gasteiger partial charge in [-0.1, -0.05) is 25.8 Å². The molecule has 170 valence electrons. The van der Waals surface area contributed by atoms with Crippen molar-refractivity contribution in [1.29, 1.82) is 0 Å². The molecule has 1 aromatic heterocycles. The van der Waals surface area contributed by atoms with Crippen LogP contribution in [0.3, 0.4) is 0 Å².